The highest BCUT2D eigenvalue weighted by Gasteiger charge is 2.22. The molecule has 0 aliphatic carbocycles. The molecule has 1 aromatic carbocycles. The molecule has 98 valence electrons. The number of carbonyl (C=O) groups is 2. The van der Waals surface area contributed by atoms with Gasteiger partial charge in [0.2, 0.25) is 5.78 Å². The van der Waals surface area contributed by atoms with Crippen molar-refractivity contribution in [3.05, 3.63) is 29.8 Å². The van der Waals surface area contributed by atoms with Crippen molar-refractivity contribution in [1.29, 1.82) is 0 Å². The van der Waals surface area contributed by atoms with Gasteiger partial charge in [-0.3, -0.25) is 9.59 Å². The summed E-state index contributed by atoms with van der Waals surface area (Å²) in [5.41, 5.74) is 0.536. The number of rotatable bonds is 7. The minimum absolute atomic E-state index is 0.0742. The van der Waals surface area contributed by atoms with Crippen LogP contribution in [0.15, 0.2) is 24.3 Å². The predicted molar refractivity (Wildman–Crippen MR) is 64.2 cm³/mol. The Hall–Kier alpha value is -1.72. The van der Waals surface area contributed by atoms with Crippen LogP contribution >= 0.6 is 0 Å². The molecule has 0 radical (unpaired) electrons. The van der Waals surface area contributed by atoms with E-state index < -0.39 is 17.8 Å². The second kappa shape index (κ2) is 6.88. The second-order valence-electron chi connectivity index (χ2n) is 3.89. The van der Waals surface area contributed by atoms with E-state index in [9.17, 15) is 14.7 Å². The molecule has 0 saturated carbocycles. The van der Waals surface area contributed by atoms with Gasteiger partial charge in [0.05, 0.1) is 18.6 Å². The van der Waals surface area contributed by atoms with Crippen molar-refractivity contribution in [3.63, 3.8) is 0 Å². The van der Waals surface area contributed by atoms with Gasteiger partial charge in [-0.2, -0.15) is 0 Å². The standard InChI is InChI=1S/C13H16O5/c1-9(12(16)8-15)13(17)10-2-4-11(5-3-10)18-7-6-14/h2-5,8-9,13-14,17H,6-7H2,1H3. The predicted octanol–water partition coefficient (Wildman–Crippen LogP) is 0.495. The normalized spacial score (nSPS) is 13.7. The Morgan fingerprint density at radius 3 is 2.50 bits per heavy atom. The number of ketones is 1. The molecule has 5 heteroatoms. The Balaban J connectivity index is 2.72. The molecule has 0 fully saturated rings. The maximum Gasteiger partial charge on any atom is 0.200 e. The third kappa shape index (κ3) is 3.65. The van der Waals surface area contributed by atoms with Gasteiger partial charge in [-0.05, 0) is 17.7 Å². The van der Waals surface area contributed by atoms with Crippen LogP contribution in [0.25, 0.3) is 0 Å². The van der Waals surface area contributed by atoms with Gasteiger partial charge in [0.1, 0.15) is 12.4 Å². The molecule has 18 heavy (non-hydrogen) atoms. The van der Waals surface area contributed by atoms with Gasteiger partial charge in [-0.1, -0.05) is 19.1 Å². The zero-order chi connectivity index (χ0) is 13.5. The van der Waals surface area contributed by atoms with E-state index in [-0.39, 0.29) is 19.5 Å². The molecule has 1 aromatic rings. The first kappa shape index (κ1) is 14.3. The number of aldehydes is 1. The van der Waals surface area contributed by atoms with E-state index >= 15 is 0 Å². The Morgan fingerprint density at radius 1 is 1.39 bits per heavy atom. The number of aliphatic hydroxyl groups excluding tert-OH is 2. The molecular formula is C13H16O5. The van der Waals surface area contributed by atoms with Crippen molar-refractivity contribution in [2.24, 2.45) is 5.92 Å². The fraction of sp³-hybridized carbons (Fsp3) is 0.385. The summed E-state index contributed by atoms with van der Waals surface area (Å²) in [5, 5.41) is 18.5. The first-order chi connectivity index (χ1) is 8.60. The minimum Gasteiger partial charge on any atom is -0.491 e. The topological polar surface area (TPSA) is 83.8 Å². The number of carbonyl (C=O) groups excluding carboxylic acids is 2. The number of ether oxygens (including phenoxy) is 1. The molecule has 2 unspecified atom stereocenters. The van der Waals surface area contributed by atoms with E-state index in [1.54, 1.807) is 24.3 Å². The van der Waals surface area contributed by atoms with Crippen molar-refractivity contribution in [2.75, 3.05) is 13.2 Å². The summed E-state index contributed by atoms with van der Waals surface area (Å²) in [6.07, 6.45) is -0.804. The molecule has 0 aliphatic heterocycles. The summed E-state index contributed by atoms with van der Waals surface area (Å²) in [6.45, 7) is 1.62. The largest absolute Gasteiger partial charge is 0.491 e. The second-order valence-corrected chi connectivity index (χ2v) is 3.89. The highest BCUT2D eigenvalue weighted by Crippen LogP contribution is 2.24. The fourth-order valence-corrected chi connectivity index (χ4v) is 1.48. The van der Waals surface area contributed by atoms with Crippen molar-refractivity contribution in [1.82, 2.24) is 0 Å². The maximum absolute atomic E-state index is 11.2. The van der Waals surface area contributed by atoms with Crippen LogP contribution in [0.1, 0.15) is 18.6 Å². The lowest BCUT2D eigenvalue weighted by Crippen LogP contribution is -2.20. The molecule has 0 aromatic heterocycles. The molecule has 5 nitrogen and oxygen atoms in total. The van der Waals surface area contributed by atoms with Crippen LogP contribution in [0, 0.1) is 5.92 Å². The van der Waals surface area contributed by atoms with Crippen LogP contribution in [0.4, 0.5) is 0 Å². The SMILES string of the molecule is CC(C(=O)C=O)C(O)c1ccc(OCCO)cc1. The molecule has 0 spiro atoms. The van der Waals surface area contributed by atoms with Crippen LogP contribution in [0.2, 0.25) is 0 Å². The molecule has 0 amide bonds. The van der Waals surface area contributed by atoms with Crippen LogP contribution in [0.5, 0.6) is 5.75 Å². The molecule has 2 atom stereocenters. The Morgan fingerprint density at radius 2 is 2.00 bits per heavy atom. The smallest absolute Gasteiger partial charge is 0.200 e. The van der Waals surface area contributed by atoms with Crippen molar-refractivity contribution >= 4 is 12.1 Å². The lowest BCUT2D eigenvalue weighted by atomic mass is 9.94. The summed E-state index contributed by atoms with van der Waals surface area (Å²) in [4.78, 5) is 21.5. The van der Waals surface area contributed by atoms with Crippen LogP contribution in [0.3, 0.4) is 0 Å². The molecule has 0 bridgehead atoms. The fourth-order valence-electron chi connectivity index (χ4n) is 1.48. The molecular weight excluding hydrogens is 236 g/mol. The van der Waals surface area contributed by atoms with E-state index in [0.717, 1.165) is 0 Å². The molecule has 2 N–H and O–H groups in total. The molecule has 0 heterocycles. The van der Waals surface area contributed by atoms with E-state index in [1.165, 1.54) is 6.92 Å². The van der Waals surface area contributed by atoms with Crippen molar-refractivity contribution in [2.45, 2.75) is 13.0 Å². The highest BCUT2D eigenvalue weighted by atomic mass is 16.5. The number of hydrogen-bond acceptors (Lipinski definition) is 5. The van der Waals surface area contributed by atoms with Crippen LogP contribution in [-0.4, -0.2) is 35.5 Å². The average Bonchev–Trinajstić information content (AvgIpc) is 2.43. The quantitative estimate of drug-likeness (QED) is 0.545. The Labute approximate surface area is 105 Å². The summed E-state index contributed by atoms with van der Waals surface area (Å²) in [6, 6.07) is 6.50. The van der Waals surface area contributed by atoms with Gasteiger partial charge in [0, 0.05) is 0 Å². The lowest BCUT2D eigenvalue weighted by molar-refractivity contribution is -0.134. The first-order valence-electron chi connectivity index (χ1n) is 5.61. The number of aliphatic hydroxyl groups is 2. The number of hydrogen-bond donors (Lipinski definition) is 2. The Kier molecular flexibility index (Phi) is 5.48. The van der Waals surface area contributed by atoms with E-state index in [4.69, 9.17) is 9.84 Å². The third-order valence-corrected chi connectivity index (χ3v) is 2.62. The zero-order valence-electron chi connectivity index (χ0n) is 10.1. The maximum atomic E-state index is 11.2. The van der Waals surface area contributed by atoms with E-state index in [2.05, 4.69) is 0 Å². The number of benzene rings is 1. The highest BCUT2D eigenvalue weighted by molar-refractivity contribution is 6.26. The van der Waals surface area contributed by atoms with Gasteiger partial charge < -0.3 is 14.9 Å². The summed E-state index contributed by atoms with van der Waals surface area (Å²) in [7, 11) is 0. The third-order valence-electron chi connectivity index (χ3n) is 2.62. The van der Waals surface area contributed by atoms with Gasteiger partial charge in [0.15, 0.2) is 6.29 Å². The van der Waals surface area contributed by atoms with Gasteiger partial charge in [0.25, 0.3) is 0 Å². The lowest BCUT2D eigenvalue weighted by Gasteiger charge is -2.16. The van der Waals surface area contributed by atoms with Crippen molar-refractivity contribution in [3.8, 4) is 5.75 Å². The zero-order valence-corrected chi connectivity index (χ0v) is 10.1. The molecule has 0 aliphatic rings. The molecule has 0 saturated heterocycles. The van der Waals surface area contributed by atoms with Gasteiger partial charge in [-0.15, -0.1) is 0 Å². The molecule has 1 rings (SSSR count). The van der Waals surface area contributed by atoms with Crippen LogP contribution in [-0.2, 0) is 9.59 Å². The van der Waals surface area contributed by atoms with E-state index in [1.807, 2.05) is 0 Å². The summed E-state index contributed by atoms with van der Waals surface area (Å²) < 4.78 is 5.16. The van der Waals surface area contributed by atoms with E-state index in [0.29, 0.717) is 11.3 Å². The first-order valence-corrected chi connectivity index (χ1v) is 5.61. The van der Waals surface area contributed by atoms with Crippen molar-refractivity contribution < 1.29 is 24.5 Å². The number of Topliss-reactive ketones (excluding diaryl/α,β-unsaturated/α-hetero) is 1. The van der Waals surface area contributed by atoms with Gasteiger partial charge in [-0.25, -0.2) is 0 Å². The Bertz CT molecular complexity index is 398. The summed E-state index contributed by atoms with van der Waals surface area (Å²) >= 11 is 0. The minimum atomic E-state index is -1.02. The van der Waals surface area contributed by atoms with Crippen LogP contribution < -0.4 is 4.74 Å². The summed E-state index contributed by atoms with van der Waals surface area (Å²) in [5.74, 6) is -0.843. The average molecular weight is 252 g/mol. The van der Waals surface area contributed by atoms with Gasteiger partial charge >= 0.3 is 0 Å². The monoisotopic (exact) mass is 252 g/mol.